The van der Waals surface area contributed by atoms with Gasteiger partial charge in [0.15, 0.2) is 5.69 Å². The van der Waals surface area contributed by atoms with Crippen LogP contribution in [0.2, 0.25) is 5.15 Å². The van der Waals surface area contributed by atoms with Gasteiger partial charge in [-0.3, -0.25) is 0 Å². The van der Waals surface area contributed by atoms with E-state index in [1.807, 2.05) is 13.0 Å². The van der Waals surface area contributed by atoms with E-state index < -0.39 is 5.97 Å². The average Bonchev–Trinajstić information content (AvgIpc) is 3.13. The van der Waals surface area contributed by atoms with Crippen LogP contribution >= 0.6 is 11.6 Å². The number of anilines is 1. The first-order valence-electron chi connectivity index (χ1n) is 7.28. The number of benzene rings is 1. The largest absolute Gasteiger partial charge is 0.464 e. The number of nitrogen functional groups attached to an aromatic ring is 1. The Bertz CT molecular complexity index is 995. The van der Waals surface area contributed by atoms with Gasteiger partial charge in [-0.05, 0) is 37.3 Å². The lowest BCUT2D eigenvalue weighted by Gasteiger charge is -2.10. The van der Waals surface area contributed by atoms with E-state index in [-0.39, 0.29) is 16.9 Å². The molecule has 0 amide bonds. The molecular weight excluding hydrogens is 342 g/mol. The maximum absolute atomic E-state index is 12.0. The lowest BCUT2D eigenvalue weighted by Crippen LogP contribution is -2.11. The highest BCUT2D eigenvalue weighted by atomic mass is 35.5. The minimum atomic E-state index is -0.617. The molecule has 0 spiro atoms. The van der Waals surface area contributed by atoms with Crippen LogP contribution in [0, 0.1) is 18.3 Å². The Morgan fingerprint density at radius 1 is 1.32 bits per heavy atom. The monoisotopic (exact) mass is 355 g/mol. The number of hydrogen-bond donors (Lipinski definition) is 1. The Morgan fingerprint density at radius 2 is 1.96 bits per heavy atom. The topological polar surface area (TPSA) is 98.9 Å². The third kappa shape index (κ3) is 2.84. The number of esters is 1. The van der Waals surface area contributed by atoms with Crippen LogP contribution in [-0.2, 0) is 4.74 Å². The van der Waals surface area contributed by atoms with E-state index in [0.717, 1.165) is 11.4 Å². The summed E-state index contributed by atoms with van der Waals surface area (Å²) in [5.41, 5.74) is 8.52. The van der Waals surface area contributed by atoms with Crippen molar-refractivity contribution in [2.24, 2.45) is 0 Å². The Balaban J connectivity index is 2.08. The van der Waals surface area contributed by atoms with Gasteiger partial charge >= 0.3 is 5.97 Å². The zero-order valence-electron chi connectivity index (χ0n) is 13.5. The van der Waals surface area contributed by atoms with Gasteiger partial charge in [0.05, 0.1) is 29.7 Å². The van der Waals surface area contributed by atoms with E-state index in [0.29, 0.717) is 10.8 Å². The maximum atomic E-state index is 12.0. The smallest absolute Gasteiger partial charge is 0.357 e. The summed E-state index contributed by atoms with van der Waals surface area (Å²) >= 11 is 6.15. The van der Waals surface area contributed by atoms with Crippen LogP contribution in [0.3, 0.4) is 0 Å². The number of hydrogen-bond acceptors (Lipinski definition) is 5. The van der Waals surface area contributed by atoms with Gasteiger partial charge in [-0.25, -0.2) is 9.48 Å². The number of methoxy groups -OCH3 is 1. The fraction of sp³-hybridized carbons (Fsp3) is 0.118. The van der Waals surface area contributed by atoms with Crippen molar-refractivity contribution in [1.82, 2.24) is 14.3 Å². The van der Waals surface area contributed by atoms with Gasteiger partial charge in [0.1, 0.15) is 11.2 Å². The summed E-state index contributed by atoms with van der Waals surface area (Å²) in [7, 11) is 1.26. The van der Waals surface area contributed by atoms with Crippen LogP contribution in [0.25, 0.3) is 11.4 Å². The fourth-order valence-corrected chi connectivity index (χ4v) is 2.81. The van der Waals surface area contributed by atoms with E-state index >= 15 is 0 Å². The van der Waals surface area contributed by atoms with E-state index in [1.54, 1.807) is 35.0 Å². The average molecular weight is 356 g/mol. The number of nitriles is 1. The highest BCUT2D eigenvalue weighted by Crippen LogP contribution is 2.26. The highest BCUT2D eigenvalue weighted by Gasteiger charge is 2.21. The molecule has 0 fully saturated rings. The second-order valence-electron chi connectivity index (χ2n) is 5.32. The maximum Gasteiger partial charge on any atom is 0.357 e. The third-order valence-electron chi connectivity index (χ3n) is 3.70. The van der Waals surface area contributed by atoms with Crippen molar-refractivity contribution in [3.63, 3.8) is 0 Å². The molecule has 2 heterocycles. The molecule has 3 rings (SSSR count). The number of nitrogens with zero attached hydrogens (tertiary/aromatic N) is 4. The number of carbonyl (C=O) groups excluding carboxylic acids is 1. The van der Waals surface area contributed by atoms with Crippen molar-refractivity contribution in [1.29, 1.82) is 5.26 Å². The molecule has 0 aliphatic heterocycles. The summed E-state index contributed by atoms with van der Waals surface area (Å²) < 4.78 is 7.90. The lowest BCUT2D eigenvalue weighted by molar-refractivity contribution is 0.0593. The summed E-state index contributed by atoms with van der Waals surface area (Å²) in [6, 6.07) is 10.9. The first kappa shape index (κ1) is 16.6. The number of rotatable bonds is 3. The zero-order valence-corrected chi connectivity index (χ0v) is 14.3. The fourth-order valence-electron chi connectivity index (χ4n) is 2.52. The first-order chi connectivity index (χ1) is 12.0. The van der Waals surface area contributed by atoms with Crippen molar-refractivity contribution in [3.05, 3.63) is 58.6 Å². The molecule has 8 heteroatoms. The molecule has 0 saturated heterocycles. The quantitative estimate of drug-likeness (QED) is 0.728. The predicted octanol–water partition coefficient (Wildman–Crippen LogP) is 2.87. The van der Waals surface area contributed by atoms with E-state index in [4.69, 9.17) is 27.3 Å². The van der Waals surface area contributed by atoms with Crippen LogP contribution in [-0.4, -0.2) is 27.4 Å². The number of aryl methyl sites for hydroxylation is 1. The lowest BCUT2D eigenvalue weighted by atomic mass is 10.2. The SMILES string of the molecule is COC(=O)c1c(N)c(C#N)cn1-c1ccc(-n2nc(C)cc2Cl)cc1. The Kier molecular flexibility index (Phi) is 4.21. The Labute approximate surface area is 148 Å². The molecule has 7 nitrogen and oxygen atoms in total. The molecule has 0 atom stereocenters. The molecule has 2 N–H and O–H groups in total. The summed E-state index contributed by atoms with van der Waals surface area (Å²) in [6.45, 7) is 1.85. The molecular formula is C17H14ClN5O2. The van der Waals surface area contributed by atoms with E-state index in [9.17, 15) is 4.79 Å². The van der Waals surface area contributed by atoms with Gasteiger partial charge < -0.3 is 15.0 Å². The van der Waals surface area contributed by atoms with Crippen molar-refractivity contribution < 1.29 is 9.53 Å². The minimum absolute atomic E-state index is 0.0872. The number of nitrogens with two attached hydrogens (primary N) is 1. The van der Waals surface area contributed by atoms with Gasteiger partial charge in [0, 0.05) is 11.9 Å². The zero-order chi connectivity index (χ0) is 18.1. The number of halogens is 1. The predicted molar refractivity (Wildman–Crippen MR) is 93.1 cm³/mol. The van der Waals surface area contributed by atoms with Crippen LogP contribution in [0.1, 0.15) is 21.7 Å². The van der Waals surface area contributed by atoms with Crippen molar-refractivity contribution >= 4 is 23.3 Å². The second kappa shape index (κ2) is 6.34. The van der Waals surface area contributed by atoms with E-state index in [2.05, 4.69) is 5.10 Å². The molecule has 0 unspecified atom stereocenters. The summed E-state index contributed by atoms with van der Waals surface area (Å²) in [6.07, 6.45) is 1.50. The van der Waals surface area contributed by atoms with Gasteiger partial charge in [0.25, 0.3) is 0 Å². The molecule has 0 aliphatic rings. The molecule has 1 aromatic carbocycles. The normalized spacial score (nSPS) is 10.5. The van der Waals surface area contributed by atoms with Gasteiger partial charge in [0.2, 0.25) is 0 Å². The summed E-state index contributed by atoms with van der Waals surface area (Å²) in [5.74, 6) is -0.617. The van der Waals surface area contributed by atoms with E-state index in [1.165, 1.54) is 17.9 Å². The number of ether oxygens (including phenoxy) is 1. The molecule has 0 aliphatic carbocycles. The number of aromatic nitrogens is 3. The molecule has 126 valence electrons. The van der Waals surface area contributed by atoms with Crippen molar-refractivity contribution in [3.8, 4) is 17.4 Å². The van der Waals surface area contributed by atoms with Crippen LogP contribution in [0.15, 0.2) is 36.5 Å². The molecule has 0 bridgehead atoms. The van der Waals surface area contributed by atoms with Crippen molar-refractivity contribution in [2.45, 2.75) is 6.92 Å². The Hall–Kier alpha value is -3.24. The first-order valence-corrected chi connectivity index (χ1v) is 7.66. The third-order valence-corrected chi connectivity index (χ3v) is 3.97. The molecule has 0 radical (unpaired) electrons. The molecule has 3 aromatic rings. The summed E-state index contributed by atoms with van der Waals surface area (Å²) in [4.78, 5) is 12.0. The van der Waals surface area contributed by atoms with Crippen LogP contribution in [0.4, 0.5) is 5.69 Å². The second-order valence-corrected chi connectivity index (χ2v) is 5.70. The highest BCUT2D eigenvalue weighted by molar-refractivity contribution is 6.29. The van der Waals surface area contributed by atoms with Crippen LogP contribution in [0.5, 0.6) is 0 Å². The van der Waals surface area contributed by atoms with Gasteiger partial charge in [-0.2, -0.15) is 10.4 Å². The van der Waals surface area contributed by atoms with Crippen molar-refractivity contribution in [2.75, 3.05) is 12.8 Å². The molecule has 2 aromatic heterocycles. The Morgan fingerprint density at radius 3 is 2.48 bits per heavy atom. The van der Waals surface area contributed by atoms with Gasteiger partial charge in [-0.15, -0.1) is 0 Å². The van der Waals surface area contributed by atoms with Gasteiger partial charge in [-0.1, -0.05) is 11.6 Å². The number of carbonyl (C=O) groups is 1. The molecule has 25 heavy (non-hydrogen) atoms. The minimum Gasteiger partial charge on any atom is -0.464 e. The standard InChI is InChI=1S/C17H14ClN5O2/c1-10-7-14(18)23(21-10)13-5-3-12(4-6-13)22-9-11(8-19)15(20)16(22)17(24)25-2/h3-7,9H,20H2,1-2H3. The summed E-state index contributed by atoms with van der Waals surface area (Å²) in [5, 5.41) is 14.0. The van der Waals surface area contributed by atoms with Crippen LogP contribution < -0.4 is 5.73 Å². The molecule has 0 saturated carbocycles.